The molecule has 1 amide bonds. The number of fused-ring (bicyclic) bond motifs is 1. The molecule has 0 aromatic heterocycles. The van der Waals surface area contributed by atoms with Crippen molar-refractivity contribution in [3.8, 4) is 5.75 Å². The van der Waals surface area contributed by atoms with E-state index in [0.717, 1.165) is 22.3 Å². The average molecular weight is 451 g/mol. The second-order valence-corrected chi connectivity index (χ2v) is 10.2. The van der Waals surface area contributed by atoms with Crippen molar-refractivity contribution in [2.45, 2.75) is 38.7 Å². The number of hydrogen-bond donors (Lipinski definition) is 1. The number of amides is 1. The van der Waals surface area contributed by atoms with E-state index in [-0.39, 0.29) is 11.4 Å². The predicted octanol–water partition coefficient (Wildman–Crippen LogP) is 4.52. The van der Waals surface area contributed by atoms with Crippen LogP contribution in [0.15, 0.2) is 65.6 Å². The van der Waals surface area contributed by atoms with E-state index in [2.05, 4.69) is 5.32 Å². The van der Waals surface area contributed by atoms with Crippen LogP contribution in [0.2, 0.25) is 0 Å². The fourth-order valence-electron chi connectivity index (χ4n) is 3.83. The Bertz CT molecular complexity index is 1260. The van der Waals surface area contributed by atoms with Gasteiger partial charge in [-0.15, -0.1) is 0 Å². The third kappa shape index (κ3) is 4.34. The fraction of sp³-hybridized carbons (Fsp3) is 0.240. The van der Waals surface area contributed by atoms with Crippen molar-refractivity contribution >= 4 is 27.3 Å². The molecule has 1 aliphatic rings. The second kappa shape index (κ2) is 8.31. The first-order valence-electron chi connectivity index (χ1n) is 10.4. The van der Waals surface area contributed by atoms with Crippen molar-refractivity contribution in [1.82, 2.24) is 0 Å². The van der Waals surface area contributed by atoms with Crippen LogP contribution in [0.3, 0.4) is 0 Å². The molecule has 7 heteroatoms. The molecule has 1 atom stereocenters. The highest BCUT2D eigenvalue weighted by molar-refractivity contribution is 7.92. The molecule has 0 fully saturated rings. The van der Waals surface area contributed by atoms with Gasteiger partial charge in [0.05, 0.1) is 17.1 Å². The molecule has 0 bridgehead atoms. The Morgan fingerprint density at radius 3 is 2.16 bits per heavy atom. The van der Waals surface area contributed by atoms with Gasteiger partial charge < -0.3 is 10.1 Å². The average Bonchev–Trinajstić information content (AvgIpc) is 2.72. The molecule has 3 aromatic rings. The number of carbonyl (C=O) groups is 1. The van der Waals surface area contributed by atoms with Gasteiger partial charge in [0.1, 0.15) is 5.75 Å². The Kier molecular flexibility index (Phi) is 5.69. The van der Waals surface area contributed by atoms with E-state index < -0.39 is 22.0 Å². The highest BCUT2D eigenvalue weighted by Crippen LogP contribution is 2.38. The molecule has 4 rings (SSSR count). The molecule has 0 spiro atoms. The third-order valence-corrected chi connectivity index (χ3v) is 7.17. The highest BCUT2D eigenvalue weighted by Gasteiger charge is 2.37. The summed E-state index contributed by atoms with van der Waals surface area (Å²) in [6, 6.07) is 17.7. The summed E-state index contributed by atoms with van der Waals surface area (Å²) in [5, 5.41) is 2.87. The zero-order chi connectivity index (χ0) is 23.0. The topological polar surface area (TPSA) is 75.7 Å². The van der Waals surface area contributed by atoms with Gasteiger partial charge in [0.2, 0.25) is 0 Å². The Labute approximate surface area is 188 Å². The van der Waals surface area contributed by atoms with Crippen LogP contribution in [0.4, 0.5) is 11.4 Å². The van der Waals surface area contributed by atoms with Crippen molar-refractivity contribution in [2.24, 2.45) is 0 Å². The number of rotatable bonds is 4. The van der Waals surface area contributed by atoms with E-state index >= 15 is 0 Å². The lowest BCUT2D eigenvalue weighted by molar-refractivity contribution is -0.122. The SMILES string of the molecule is Cc1ccc(S(=O)(=O)N2CC(C(=O)Nc3cc(C)cc(C)c3)Oc3cc(C)ccc32)cc1. The molecule has 3 aromatic carbocycles. The van der Waals surface area contributed by atoms with Crippen LogP contribution in [0.5, 0.6) is 5.75 Å². The molecule has 166 valence electrons. The lowest BCUT2D eigenvalue weighted by atomic mass is 10.1. The summed E-state index contributed by atoms with van der Waals surface area (Å²) in [6.07, 6.45) is -0.995. The van der Waals surface area contributed by atoms with Crippen molar-refractivity contribution in [1.29, 1.82) is 0 Å². The smallest absolute Gasteiger partial charge is 0.267 e. The molecule has 1 N–H and O–H groups in total. The molecule has 0 radical (unpaired) electrons. The Balaban J connectivity index is 1.69. The largest absolute Gasteiger partial charge is 0.476 e. The van der Waals surface area contributed by atoms with Crippen LogP contribution >= 0.6 is 0 Å². The molecule has 32 heavy (non-hydrogen) atoms. The molecular weight excluding hydrogens is 424 g/mol. The van der Waals surface area contributed by atoms with Gasteiger partial charge in [-0.25, -0.2) is 8.42 Å². The minimum absolute atomic E-state index is 0.122. The normalized spacial score (nSPS) is 15.6. The lowest BCUT2D eigenvalue weighted by Crippen LogP contribution is -2.48. The molecular formula is C25H26N2O4S. The van der Waals surface area contributed by atoms with E-state index in [0.29, 0.717) is 17.1 Å². The molecule has 1 heterocycles. The van der Waals surface area contributed by atoms with E-state index in [4.69, 9.17) is 4.74 Å². The summed E-state index contributed by atoms with van der Waals surface area (Å²) in [6.45, 7) is 7.57. The van der Waals surface area contributed by atoms with Crippen molar-refractivity contribution in [3.05, 3.63) is 82.9 Å². The number of nitrogens with one attached hydrogen (secondary N) is 1. The number of nitrogens with zero attached hydrogens (tertiary/aromatic N) is 1. The van der Waals surface area contributed by atoms with Crippen LogP contribution in [0.1, 0.15) is 22.3 Å². The maximum absolute atomic E-state index is 13.5. The molecule has 0 saturated heterocycles. The highest BCUT2D eigenvalue weighted by atomic mass is 32.2. The number of carbonyl (C=O) groups excluding carboxylic acids is 1. The van der Waals surface area contributed by atoms with E-state index in [1.54, 1.807) is 36.4 Å². The molecule has 1 unspecified atom stereocenters. The number of anilines is 2. The lowest BCUT2D eigenvalue weighted by Gasteiger charge is -2.35. The van der Waals surface area contributed by atoms with Gasteiger partial charge in [-0.3, -0.25) is 9.10 Å². The van der Waals surface area contributed by atoms with Crippen molar-refractivity contribution < 1.29 is 17.9 Å². The van der Waals surface area contributed by atoms with E-state index in [9.17, 15) is 13.2 Å². The van der Waals surface area contributed by atoms with Crippen LogP contribution in [0.25, 0.3) is 0 Å². The summed E-state index contributed by atoms with van der Waals surface area (Å²) >= 11 is 0. The van der Waals surface area contributed by atoms with E-state index in [1.807, 2.05) is 52.0 Å². The zero-order valence-corrected chi connectivity index (χ0v) is 19.4. The Morgan fingerprint density at radius 2 is 1.50 bits per heavy atom. The van der Waals surface area contributed by atoms with Gasteiger partial charge >= 0.3 is 0 Å². The summed E-state index contributed by atoms with van der Waals surface area (Å²) in [7, 11) is -3.88. The minimum atomic E-state index is -3.88. The Morgan fingerprint density at radius 1 is 0.875 bits per heavy atom. The number of sulfonamides is 1. The van der Waals surface area contributed by atoms with Gasteiger partial charge in [0.15, 0.2) is 6.10 Å². The fourth-order valence-corrected chi connectivity index (χ4v) is 5.31. The number of benzene rings is 3. The summed E-state index contributed by atoms with van der Waals surface area (Å²) in [5.41, 5.74) is 4.99. The van der Waals surface area contributed by atoms with Crippen LogP contribution < -0.4 is 14.4 Å². The molecule has 0 aliphatic carbocycles. The van der Waals surface area contributed by atoms with Gasteiger partial charge in [0, 0.05) is 5.69 Å². The van der Waals surface area contributed by atoms with Crippen LogP contribution in [-0.4, -0.2) is 27.0 Å². The van der Waals surface area contributed by atoms with Crippen molar-refractivity contribution in [3.63, 3.8) is 0 Å². The van der Waals surface area contributed by atoms with Gasteiger partial charge in [-0.05, 0) is 80.8 Å². The number of hydrogen-bond acceptors (Lipinski definition) is 4. The monoisotopic (exact) mass is 450 g/mol. The van der Waals surface area contributed by atoms with Gasteiger partial charge in [-0.2, -0.15) is 0 Å². The standard InChI is InChI=1S/C25H26N2O4S/c1-16-5-8-21(9-6-16)32(29,30)27-15-24(31-23-14-17(2)7-10-22(23)27)25(28)26-20-12-18(3)11-19(4)13-20/h5-14,24H,15H2,1-4H3,(H,26,28). The Hall–Kier alpha value is -3.32. The van der Waals surface area contributed by atoms with Gasteiger partial charge in [0.25, 0.3) is 15.9 Å². The number of aryl methyl sites for hydroxylation is 4. The first-order chi connectivity index (χ1) is 15.1. The van der Waals surface area contributed by atoms with Crippen molar-refractivity contribution in [2.75, 3.05) is 16.2 Å². The third-order valence-electron chi connectivity index (χ3n) is 5.38. The quantitative estimate of drug-likeness (QED) is 0.634. The molecule has 6 nitrogen and oxygen atoms in total. The molecule has 0 saturated carbocycles. The second-order valence-electron chi connectivity index (χ2n) is 8.29. The van der Waals surface area contributed by atoms with Crippen LogP contribution in [-0.2, 0) is 14.8 Å². The van der Waals surface area contributed by atoms with Gasteiger partial charge in [-0.1, -0.05) is 29.8 Å². The summed E-state index contributed by atoms with van der Waals surface area (Å²) in [5.74, 6) is -0.0289. The maximum Gasteiger partial charge on any atom is 0.267 e. The predicted molar refractivity (Wildman–Crippen MR) is 126 cm³/mol. The first-order valence-corrected chi connectivity index (χ1v) is 11.8. The zero-order valence-electron chi connectivity index (χ0n) is 18.5. The van der Waals surface area contributed by atoms with Crippen LogP contribution in [0, 0.1) is 27.7 Å². The summed E-state index contributed by atoms with van der Waals surface area (Å²) in [4.78, 5) is 13.3. The molecule has 1 aliphatic heterocycles. The maximum atomic E-state index is 13.5. The first kappa shape index (κ1) is 21.9. The van der Waals surface area contributed by atoms with E-state index in [1.165, 1.54) is 4.31 Å². The number of ether oxygens (including phenoxy) is 1. The minimum Gasteiger partial charge on any atom is -0.476 e. The summed E-state index contributed by atoms with van der Waals surface area (Å²) < 4.78 is 34.2.